The summed E-state index contributed by atoms with van der Waals surface area (Å²) >= 11 is 5.82. The van der Waals surface area contributed by atoms with Gasteiger partial charge in [0, 0.05) is 16.1 Å². The number of carbonyl (C=O) groups excluding carboxylic acids is 2. The Morgan fingerprint density at radius 3 is 2.06 bits per heavy atom. The van der Waals surface area contributed by atoms with E-state index < -0.39 is 0 Å². The predicted octanol–water partition coefficient (Wildman–Crippen LogP) is 6.03. The number of hydrogen-bond acceptors (Lipinski definition) is 4. The second-order valence-electron chi connectivity index (χ2n) is 7.43. The van der Waals surface area contributed by atoms with Crippen molar-refractivity contribution in [3.8, 4) is 16.9 Å². The van der Waals surface area contributed by atoms with E-state index in [1.807, 2.05) is 54.6 Å². The molecular weight excluding hydrogens is 448 g/mol. The topological polar surface area (TPSA) is 67.8 Å². The molecule has 4 aromatic rings. The summed E-state index contributed by atoms with van der Waals surface area (Å²) in [6, 6.07) is 31.1. The summed E-state index contributed by atoms with van der Waals surface area (Å²) in [6.45, 7) is -0.0602. The van der Waals surface area contributed by atoms with Crippen molar-refractivity contribution in [1.82, 2.24) is 5.43 Å². The lowest BCUT2D eigenvalue weighted by Gasteiger charge is -2.07. The van der Waals surface area contributed by atoms with E-state index in [1.54, 1.807) is 48.5 Å². The van der Waals surface area contributed by atoms with Crippen molar-refractivity contribution in [3.63, 3.8) is 0 Å². The number of carbonyl (C=O) groups is 2. The Labute approximate surface area is 202 Å². The average molecular weight is 469 g/mol. The number of hydrazone groups is 1. The number of hydrogen-bond donors (Lipinski definition) is 1. The molecule has 5 nitrogen and oxygen atoms in total. The Kier molecular flexibility index (Phi) is 7.48. The minimum atomic E-state index is -0.330. The molecule has 0 bridgehead atoms. The first-order valence-electron chi connectivity index (χ1n) is 10.6. The van der Waals surface area contributed by atoms with E-state index in [0.29, 0.717) is 21.9 Å². The third kappa shape index (κ3) is 6.18. The molecule has 0 aliphatic carbocycles. The molecule has 34 heavy (non-hydrogen) atoms. The molecule has 0 atom stereocenters. The fourth-order valence-electron chi connectivity index (χ4n) is 3.19. The zero-order chi connectivity index (χ0) is 23.8. The van der Waals surface area contributed by atoms with E-state index in [4.69, 9.17) is 16.3 Å². The van der Waals surface area contributed by atoms with Gasteiger partial charge in [-0.1, -0.05) is 66.2 Å². The largest absolute Gasteiger partial charge is 0.485 e. The van der Waals surface area contributed by atoms with Crippen molar-refractivity contribution in [2.24, 2.45) is 5.10 Å². The Morgan fingerprint density at radius 1 is 0.765 bits per heavy atom. The molecular formula is C28H21ClN2O3. The SMILES string of the molecule is O=C(COc1ccc(/C=N\NC(=O)c2ccc(Cl)cc2)cc1)c1ccc(-c2ccccc2)cc1. The van der Waals surface area contributed by atoms with Gasteiger partial charge in [0.1, 0.15) is 5.75 Å². The van der Waals surface area contributed by atoms with Crippen LogP contribution in [0.25, 0.3) is 11.1 Å². The molecule has 168 valence electrons. The first kappa shape index (κ1) is 23.0. The summed E-state index contributed by atoms with van der Waals surface area (Å²) < 4.78 is 5.63. The van der Waals surface area contributed by atoms with Crippen molar-refractivity contribution in [1.29, 1.82) is 0 Å². The standard InChI is InChI=1S/C28H21ClN2O3/c29-25-14-12-24(13-15-25)28(33)31-30-18-20-6-16-26(17-7-20)34-19-27(32)23-10-8-22(9-11-23)21-4-2-1-3-5-21/h1-18H,19H2,(H,31,33)/b30-18-. The Hall–Kier alpha value is -4.22. The summed E-state index contributed by atoms with van der Waals surface area (Å²) in [6.07, 6.45) is 1.52. The highest BCUT2D eigenvalue weighted by atomic mass is 35.5. The summed E-state index contributed by atoms with van der Waals surface area (Å²) in [5.41, 5.74) is 6.45. The van der Waals surface area contributed by atoms with Crippen molar-refractivity contribution < 1.29 is 14.3 Å². The van der Waals surface area contributed by atoms with Crippen LogP contribution in [0.4, 0.5) is 0 Å². The molecule has 0 aliphatic rings. The number of amides is 1. The predicted molar refractivity (Wildman–Crippen MR) is 135 cm³/mol. The van der Waals surface area contributed by atoms with E-state index in [-0.39, 0.29) is 18.3 Å². The van der Waals surface area contributed by atoms with Crippen LogP contribution in [0.2, 0.25) is 5.02 Å². The maximum atomic E-state index is 12.5. The van der Waals surface area contributed by atoms with E-state index in [0.717, 1.165) is 16.7 Å². The minimum Gasteiger partial charge on any atom is -0.485 e. The molecule has 1 N–H and O–H groups in total. The molecule has 1 amide bonds. The summed E-state index contributed by atoms with van der Waals surface area (Å²) in [4.78, 5) is 24.5. The summed E-state index contributed by atoms with van der Waals surface area (Å²) in [7, 11) is 0. The molecule has 0 heterocycles. The van der Waals surface area contributed by atoms with Gasteiger partial charge in [-0.25, -0.2) is 5.43 Å². The second kappa shape index (κ2) is 11.1. The molecule has 0 saturated heterocycles. The smallest absolute Gasteiger partial charge is 0.271 e. The molecule has 0 fully saturated rings. The lowest BCUT2D eigenvalue weighted by molar-refractivity contribution is 0.0920. The lowest BCUT2D eigenvalue weighted by Crippen LogP contribution is -2.17. The Morgan fingerprint density at radius 2 is 1.38 bits per heavy atom. The fraction of sp³-hybridized carbons (Fsp3) is 0.0357. The first-order chi connectivity index (χ1) is 16.6. The molecule has 0 saturated carbocycles. The van der Waals surface area contributed by atoms with Crippen molar-refractivity contribution in [2.75, 3.05) is 6.61 Å². The molecule has 0 unspecified atom stereocenters. The monoisotopic (exact) mass is 468 g/mol. The number of ether oxygens (including phenoxy) is 1. The zero-order valence-corrected chi connectivity index (χ0v) is 18.9. The van der Waals surface area contributed by atoms with Crippen LogP contribution in [0.5, 0.6) is 5.75 Å². The van der Waals surface area contributed by atoms with Gasteiger partial charge >= 0.3 is 0 Å². The van der Waals surface area contributed by atoms with E-state index in [1.165, 1.54) is 6.21 Å². The van der Waals surface area contributed by atoms with E-state index >= 15 is 0 Å². The van der Waals surface area contributed by atoms with E-state index in [9.17, 15) is 9.59 Å². The van der Waals surface area contributed by atoms with Gasteiger partial charge < -0.3 is 4.74 Å². The summed E-state index contributed by atoms with van der Waals surface area (Å²) in [5.74, 6) is 0.134. The maximum Gasteiger partial charge on any atom is 0.271 e. The highest BCUT2D eigenvalue weighted by molar-refractivity contribution is 6.30. The molecule has 4 rings (SSSR count). The normalized spacial score (nSPS) is 10.7. The van der Waals surface area contributed by atoms with Crippen LogP contribution < -0.4 is 10.2 Å². The quantitative estimate of drug-likeness (QED) is 0.195. The van der Waals surface area contributed by atoms with Crippen LogP contribution in [-0.4, -0.2) is 24.5 Å². The molecule has 6 heteroatoms. The third-order valence-electron chi connectivity index (χ3n) is 5.05. The van der Waals surface area contributed by atoms with Crippen LogP contribution in [0, 0.1) is 0 Å². The van der Waals surface area contributed by atoms with Crippen LogP contribution in [0.1, 0.15) is 26.3 Å². The van der Waals surface area contributed by atoms with Gasteiger partial charge in [0.05, 0.1) is 6.21 Å². The zero-order valence-electron chi connectivity index (χ0n) is 18.1. The second-order valence-corrected chi connectivity index (χ2v) is 7.87. The Bertz CT molecular complexity index is 1280. The van der Waals surface area contributed by atoms with Gasteiger partial charge in [0.2, 0.25) is 0 Å². The first-order valence-corrected chi connectivity index (χ1v) is 11.0. The van der Waals surface area contributed by atoms with Gasteiger partial charge in [0.15, 0.2) is 12.4 Å². The van der Waals surface area contributed by atoms with Crippen molar-refractivity contribution in [3.05, 3.63) is 125 Å². The van der Waals surface area contributed by atoms with Gasteiger partial charge in [-0.05, 0) is 65.2 Å². The lowest BCUT2D eigenvalue weighted by atomic mass is 10.0. The van der Waals surface area contributed by atoms with Crippen molar-refractivity contribution in [2.45, 2.75) is 0 Å². The van der Waals surface area contributed by atoms with Crippen LogP contribution in [0.15, 0.2) is 108 Å². The van der Waals surface area contributed by atoms with Gasteiger partial charge in [-0.2, -0.15) is 5.10 Å². The van der Waals surface area contributed by atoms with Crippen molar-refractivity contribution >= 4 is 29.5 Å². The molecule has 0 aliphatic heterocycles. The van der Waals surface area contributed by atoms with Gasteiger partial charge in [0.25, 0.3) is 5.91 Å². The molecule has 0 spiro atoms. The van der Waals surface area contributed by atoms with Gasteiger partial charge in [-0.3, -0.25) is 9.59 Å². The average Bonchev–Trinajstić information content (AvgIpc) is 2.89. The number of benzene rings is 4. The number of Topliss-reactive ketones (excluding diaryl/α,β-unsaturated/α-hetero) is 1. The number of ketones is 1. The maximum absolute atomic E-state index is 12.5. The fourth-order valence-corrected chi connectivity index (χ4v) is 3.32. The van der Waals surface area contributed by atoms with Crippen LogP contribution in [0.3, 0.4) is 0 Å². The van der Waals surface area contributed by atoms with Crippen LogP contribution in [-0.2, 0) is 0 Å². The number of nitrogens with zero attached hydrogens (tertiary/aromatic N) is 1. The summed E-state index contributed by atoms with van der Waals surface area (Å²) in [5, 5.41) is 4.52. The number of rotatable bonds is 8. The molecule has 4 aromatic carbocycles. The third-order valence-corrected chi connectivity index (χ3v) is 5.30. The number of halogens is 1. The number of nitrogens with one attached hydrogen (secondary N) is 1. The molecule has 0 radical (unpaired) electrons. The van der Waals surface area contributed by atoms with Gasteiger partial charge in [-0.15, -0.1) is 0 Å². The Balaban J connectivity index is 1.27. The van der Waals surface area contributed by atoms with Crippen LogP contribution >= 0.6 is 11.6 Å². The van der Waals surface area contributed by atoms with E-state index in [2.05, 4.69) is 10.5 Å². The molecule has 0 aromatic heterocycles. The minimum absolute atomic E-state index is 0.0602. The highest BCUT2D eigenvalue weighted by Gasteiger charge is 2.08. The highest BCUT2D eigenvalue weighted by Crippen LogP contribution is 2.20.